The zero-order chi connectivity index (χ0) is 13.3. The molecule has 8 heteroatoms. The molecule has 1 aliphatic carbocycles. The first-order chi connectivity index (χ1) is 8.37. The zero-order valence-electron chi connectivity index (χ0n) is 9.31. The second kappa shape index (κ2) is 4.68. The Morgan fingerprint density at radius 3 is 2.67 bits per heavy atom. The molecule has 4 nitrogen and oxygen atoms in total. The van der Waals surface area contributed by atoms with E-state index in [-0.39, 0.29) is 22.7 Å². The van der Waals surface area contributed by atoms with Crippen LogP contribution in [0.3, 0.4) is 0 Å². The van der Waals surface area contributed by atoms with Gasteiger partial charge in [0, 0.05) is 12.2 Å². The Hall–Kier alpha value is -1.44. The number of alkyl halides is 3. The van der Waals surface area contributed by atoms with Crippen LogP contribution in [0.4, 0.5) is 19.1 Å². The van der Waals surface area contributed by atoms with Gasteiger partial charge in [-0.25, -0.2) is 9.97 Å². The van der Waals surface area contributed by atoms with Crippen molar-refractivity contribution in [2.24, 2.45) is 5.73 Å². The van der Waals surface area contributed by atoms with Gasteiger partial charge in [-0.3, -0.25) is 0 Å². The monoisotopic (exact) mass is 276 g/mol. The van der Waals surface area contributed by atoms with Crippen molar-refractivity contribution in [3.63, 3.8) is 0 Å². The average Bonchev–Trinajstić information content (AvgIpc) is 3.08. The summed E-state index contributed by atoms with van der Waals surface area (Å²) in [7, 11) is 0. The fourth-order valence-corrected chi connectivity index (χ4v) is 1.68. The Kier molecular flexibility index (Phi) is 3.38. The SMILES string of the molecule is NC(=S)c1ccnc(N(CC(F)(F)F)C2CC2)n1. The van der Waals surface area contributed by atoms with E-state index in [4.69, 9.17) is 18.0 Å². The van der Waals surface area contributed by atoms with Gasteiger partial charge in [-0.2, -0.15) is 13.2 Å². The number of nitrogens with two attached hydrogens (primary N) is 1. The van der Waals surface area contributed by atoms with Crippen LogP contribution in [0.25, 0.3) is 0 Å². The van der Waals surface area contributed by atoms with Gasteiger partial charge in [0.15, 0.2) is 0 Å². The molecule has 0 atom stereocenters. The predicted octanol–water partition coefficient (Wildman–Crippen LogP) is 1.64. The van der Waals surface area contributed by atoms with E-state index in [2.05, 4.69) is 9.97 Å². The number of hydrogen-bond donors (Lipinski definition) is 1. The maximum Gasteiger partial charge on any atom is 0.406 e. The Morgan fingerprint density at radius 2 is 2.17 bits per heavy atom. The maximum absolute atomic E-state index is 12.5. The second-order valence-corrected chi connectivity index (χ2v) is 4.52. The van der Waals surface area contributed by atoms with Crippen molar-refractivity contribution in [1.82, 2.24) is 9.97 Å². The number of aromatic nitrogens is 2. The van der Waals surface area contributed by atoms with Crippen LogP contribution in [0.2, 0.25) is 0 Å². The van der Waals surface area contributed by atoms with Crippen molar-refractivity contribution >= 4 is 23.2 Å². The Morgan fingerprint density at radius 1 is 1.50 bits per heavy atom. The summed E-state index contributed by atoms with van der Waals surface area (Å²) in [5, 5.41) is 0. The summed E-state index contributed by atoms with van der Waals surface area (Å²) in [6, 6.07) is 1.33. The number of anilines is 1. The molecule has 0 aromatic carbocycles. The molecule has 1 heterocycles. The molecule has 1 fully saturated rings. The van der Waals surface area contributed by atoms with Gasteiger partial charge in [-0.15, -0.1) is 0 Å². The Labute approximate surface area is 107 Å². The van der Waals surface area contributed by atoms with Crippen LogP contribution >= 0.6 is 12.2 Å². The molecule has 0 spiro atoms. The minimum atomic E-state index is -4.29. The van der Waals surface area contributed by atoms with E-state index in [1.165, 1.54) is 12.3 Å². The highest BCUT2D eigenvalue weighted by Gasteiger charge is 2.39. The first-order valence-electron chi connectivity index (χ1n) is 5.33. The molecule has 98 valence electrons. The van der Waals surface area contributed by atoms with Crippen LogP contribution in [-0.2, 0) is 0 Å². The molecule has 0 radical (unpaired) electrons. The van der Waals surface area contributed by atoms with E-state index >= 15 is 0 Å². The van der Waals surface area contributed by atoms with Crippen LogP contribution in [-0.4, -0.2) is 33.7 Å². The number of rotatable bonds is 4. The maximum atomic E-state index is 12.5. The summed E-state index contributed by atoms with van der Waals surface area (Å²) in [6.07, 6.45) is -1.48. The fourth-order valence-electron chi connectivity index (χ4n) is 1.57. The molecule has 0 aliphatic heterocycles. The van der Waals surface area contributed by atoms with Gasteiger partial charge in [-0.05, 0) is 18.9 Å². The standard InChI is InChI=1S/C10H11F3N4S/c11-10(12,13)5-17(6-1-2-6)9-15-4-3-7(16-9)8(14)18/h3-4,6H,1-2,5H2,(H2,14,18). The quantitative estimate of drug-likeness (QED) is 0.847. The van der Waals surface area contributed by atoms with Crippen molar-refractivity contribution < 1.29 is 13.2 Å². The first-order valence-corrected chi connectivity index (χ1v) is 5.74. The minimum absolute atomic E-state index is 0.0279. The number of thiocarbonyl (C=S) groups is 1. The smallest absolute Gasteiger partial charge is 0.388 e. The van der Waals surface area contributed by atoms with Crippen LogP contribution in [0.5, 0.6) is 0 Å². The zero-order valence-corrected chi connectivity index (χ0v) is 10.1. The van der Waals surface area contributed by atoms with E-state index in [0.717, 1.165) is 17.7 Å². The summed E-state index contributed by atoms with van der Waals surface area (Å²) in [5.41, 5.74) is 5.68. The third kappa shape index (κ3) is 3.28. The van der Waals surface area contributed by atoms with Crippen LogP contribution in [0.1, 0.15) is 18.5 Å². The van der Waals surface area contributed by atoms with Crippen molar-refractivity contribution in [1.29, 1.82) is 0 Å². The molecule has 0 bridgehead atoms. The van der Waals surface area contributed by atoms with Crippen molar-refractivity contribution in [3.8, 4) is 0 Å². The van der Waals surface area contributed by atoms with Gasteiger partial charge >= 0.3 is 6.18 Å². The highest BCUT2D eigenvalue weighted by molar-refractivity contribution is 7.80. The molecule has 0 saturated heterocycles. The normalized spacial score (nSPS) is 15.5. The van der Waals surface area contributed by atoms with Gasteiger partial charge < -0.3 is 10.6 Å². The van der Waals surface area contributed by atoms with Gasteiger partial charge in [0.05, 0.1) is 0 Å². The molecule has 2 N–H and O–H groups in total. The van der Waals surface area contributed by atoms with E-state index < -0.39 is 12.7 Å². The first kappa shape index (κ1) is 13.0. The molecule has 0 amide bonds. The topological polar surface area (TPSA) is 55.0 Å². The number of hydrogen-bond acceptors (Lipinski definition) is 4. The van der Waals surface area contributed by atoms with Crippen LogP contribution in [0, 0.1) is 0 Å². The average molecular weight is 276 g/mol. The number of halogens is 3. The van der Waals surface area contributed by atoms with Crippen molar-refractivity contribution in [2.75, 3.05) is 11.4 Å². The summed E-state index contributed by atoms with van der Waals surface area (Å²) in [4.78, 5) is 9.03. The highest BCUT2D eigenvalue weighted by atomic mass is 32.1. The lowest BCUT2D eigenvalue weighted by atomic mass is 10.4. The predicted molar refractivity (Wildman–Crippen MR) is 64.3 cm³/mol. The second-order valence-electron chi connectivity index (χ2n) is 4.08. The molecule has 2 rings (SSSR count). The lowest BCUT2D eigenvalue weighted by Crippen LogP contribution is -2.37. The third-order valence-corrected chi connectivity index (χ3v) is 2.70. The molecular formula is C10H11F3N4S. The van der Waals surface area contributed by atoms with Gasteiger partial charge in [0.2, 0.25) is 5.95 Å². The van der Waals surface area contributed by atoms with Crippen LogP contribution in [0.15, 0.2) is 12.3 Å². The van der Waals surface area contributed by atoms with E-state index in [0.29, 0.717) is 0 Å². The molecule has 0 unspecified atom stereocenters. The van der Waals surface area contributed by atoms with E-state index in [9.17, 15) is 13.2 Å². The third-order valence-electron chi connectivity index (χ3n) is 2.49. The van der Waals surface area contributed by atoms with Crippen LogP contribution < -0.4 is 10.6 Å². The van der Waals surface area contributed by atoms with Crippen molar-refractivity contribution in [3.05, 3.63) is 18.0 Å². The lowest BCUT2D eigenvalue weighted by Gasteiger charge is -2.23. The fraction of sp³-hybridized carbons (Fsp3) is 0.500. The summed E-state index contributed by atoms with van der Waals surface area (Å²) >= 11 is 4.75. The van der Waals surface area contributed by atoms with Gasteiger partial charge in [0.1, 0.15) is 17.2 Å². The Balaban J connectivity index is 2.25. The Bertz CT molecular complexity index is 459. The summed E-state index contributed by atoms with van der Waals surface area (Å²) < 4.78 is 37.5. The van der Waals surface area contributed by atoms with E-state index in [1.54, 1.807) is 0 Å². The molecule has 1 aromatic heterocycles. The molecule has 18 heavy (non-hydrogen) atoms. The minimum Gasteiger partial charge on any atom is -0.388 e. The van der Waals surface area contributed by atoms with E-state index in [1.807, 2.05) is 0 Å². The van der Waals surface area contributed by atoms with Gasteiger partial charge in [0.25, 0.3) is 0 Å². The largest absolute Gasteiger partial charge is 0.406 e. The molecule has 1 saturated carbocycles. The molecule has 1 aliphatic rings. The summed E-state index contributed by atoms with van der Waals surface area (Å²) in [5.74, 6) is 0.0279. The van der Waals surface area contributed by atoms with Gasteiger partial charge in [-0.1, -0.05) is 12.2 Å². The van der Waals surface area contributed by atoms with Crippen molar-refractivity contribution in [2.45, 2.75) is 25.1 Å². The summed E-state index contributed by atoms with van der Waals surface area (Å²) in [6.45, 7) is -1.06. The number of nitrogens with zero attached hydrogens (tertiary/aromatic N) is 3. The lowest BCUT2D eigenvalue weighted by molar-refractivity contribution is -0.120. The molecular weight excluding hydrogens is 265 g/mol. The highest BCUT2D eigenvalue weighted by Crippen LogP contribution is 2.32. The molecule has 1 aromatic rings.